The van der Waals surface area contributed by atoms with Crippen LogP contribution in [0.1, 0.15) is 25.5 Å². The fourth-order valence-corrected chi connectivity index (χ4v) is 1.41. The first-order valence-corrected chi connectivity index (χ1v) is 4.59. The number of rotatable bonds is 5. The second-order valence-corrected chi connectivity index (χ2v) is 4.02. The molecule has 15 heavy (non-hydrogen) atoms. The van der Waals surface area contributed by atoms with Gasteiger partial charge in [0.2, 0.25) is 6.54 Å². The Bertz CT molecular complexity index is 342. The SMILES string of the molecule is CC(C)(C=O)[C@@H](C[N+](=O)[O-])c1ccco1. The van der Waals surface area contributed by atoms with Crippen LogP contribution in [0.2, 0.25) is 0 Å². The van der Waals surface area contributed by atoms with Crippen molar-refractivity contribution >= 4 is 6.29 Å². The molecule has 0 bridgehead atoms. The lowest BCUT2D eigenvalue weighted by Crippen LogP contribution is -2.29. The smallest absolute Gasteiger partial charge is 0.214 e. The predicted octanol–water partition coefficient (Wildman–Crippen LogP) is 1.86. The summed E-state index contributed by atoms with van der Waals surface area (Å²) < 4.78 is 5.12. The molecule has 1 atom stereocenters. The highest BCUT2D eigenvalue weighted by molar-refractivity contribution is 5.60. The zero-order chi connectivity index (χ0) is 11.5. The largest absolute Gasteiger partial charge is 0.469 e. The number of nitro groups is 1. The number of hydrogen-bond acceptors (Lipinski definition) is 4. The van der Waals surface area contributed by atoms with E-state index in [-0.39, 0.29) is 6.54 Å². The number of furan rings is 1. The van der Waals surface area contributed by atoms with E-state index < -0.39 is 16.3 Å². The zero-order valence-electron chi connectivity index (χ0n) is 8.67. The Hall–Kier alpha value is -1.65. The number of hydrogen-bond donors (Lipinski definition) is 0. The van der Waals surface area contributed by atoms with Crippen molar-refractivity contribution in [1.29, 1.82) is 0 Å². The van der Waals surface area contributed by atoms with E-state index in [9.17, 15) is 14.9 Å². The van der Waals surface area contributed by atoms with Gasteiger partial charge < -0.3 is 9.21 Å². The van der Waals surface area contributed by atoms with Crippen LogP contribution in [0.5, 0.6) is 0 Å². The molecule has 0 aromatic carbocycles. The third-order valence-electron chi connectivity index (χ3n) is 2.42. The van der Waals surface area contributed by atoms with Crippen molar-refractivity contribution in [1.82, 2.24) is 0 Å². The molecule has 1 rings (SSSR count). The molecule has 0 aliphatic heterocycles. The van der Waals surface area contributed by atoms with Gasteiger partial charge in [0.05, 0.1) is 12.2 Å². The Morgan fingerprint density at radius 1 is 1.67 bits per heavy atom. The zero-order valence-corrected chi connectivity index (χ0v) is 8.67. The lowest BCUT2D eigenvalue weighted by Gasteiger charge is -2.23. The van der Waals surface area contributed by atoms with E-state index in [4.69, 9.17) is 4.42 Å². The van der Waals surface area contributed by atoms with Crippen LogP contribution in [0.15, 0.2) is 22.8 Å². The molecule has 0 spiro atoms. The predicted molar refractivity (Wildman–Crippen MR) is 53.2 cm³/mol. The van der Waals surface area contributed by atoms with Crippen molar-refractivity contribution in [2.24, 2.45) is 5.41 Å². The molecule has 0 saturated heterocycles. The molecule has 5 nitrogen and oxygen atoms in total. The topological polar surface area (TPSA) is 73.3 Å². The van der Waals surface area contributed by atoms with Crippen LogP contribution in [0.4, 0.5) is 0 Å². The lowest BCUT2D eigenvalue weighted by atomic mass is 9.78. The summed E-state index contributed by atoms with van der Waals surface area (Å²) >= 11 is 0. The first-order chi connectivity index (χ1) is 6.97. The fraction of sp³-hybridized carbons (Fsp3) is 0.500. The van der Waals surface area contributed by atoms with Crippen molar-refractivity contribution in [2.75, 3.05) is 6.54 Å². The third kappa shape index (κ3) is 2.65. The van der Waals surface area contributed by atoms with E-state index >= 15 is 0 Å². The summed E-state index contributed by atoms with van der Waals surface area (Å²) in [5.41, 5.74) is -0.801. The second-order valence-electron chi connectivity index (χ2n) is 4.02. The van der Waals surface area contributed by atoms with Crippen molar-refractivity contribution < 1.29 is 14.1 Å². The second kappa shape index (κ2) is 4.25. The molecule has 1 aromatic heterocycles. The molecule has 0 radical (unpaired) electrons. The molecular formula is C10H13NO4. The summed E-state index contributed by atoms with van der Waals surface area (Å²) in [5.74, 6) is -0.0520. The fourth-order valence-electron chi connectivity index (χ4n) is 1.41. The van der Waals surface area contributed by atoms with Gasteiger partial charge in [-0.15, -0.1) is 0 Å². The van der Waals surface area contributed by atoms with Gasteiger partial charge in [0, 0.05) is 10.3 Å². The van der Waals surface area contributed by atoms with Crippen LogP contribution in [0.3, 0.4) is 0 Å². The van der Waals surface area contributed by atoms with Crippen molar-refractivity contribution in [3.63, 3.8) is 0 Å². The van der Waals surface area contributed by atoms with Gasteiger partial charge in [-0.05, 0) is 12.1 Å². The molecule has 0 aliphatic rings. The molecule has 1 heterocycles. The van der Waals surface area contributed by atoms with Gasteiger partial charge in [-0.3, -0.25) is 10.1 Å². The van der Waals surface area contributed by atoms with E-state index in [1.807, 2.05) is 0 Å². The van der Waals surface area contributed by atoms with E-state index in [1.165, 1.54) is 6.26 Å². The Labute approximate surface area is 87.2 Å². The minimum atomic E-state index is -0.801. The van der Waals surface area contributed by atoms with E-state index in [1.54, 1.807) is 26.0 Å². The standard InChI is InChI=1S/C10H13NO4/c1-10(2,7-12)8(6-11(13)14)9-4-3-5-15-9/h3-5,7-8H,6H2,1-2H3/t8-/m0/s1. The summed E-state index contributed by atoms with van der Waals surface area (Å²) in [5, 5.41) is 10.5. The third-order valence-corrected chi connectivity index (χ3v) is 2.42. The van der Waals surface area contributed by atoms with Gasteiger partial charge in [0.15, 0.2) is 0 Å². The van der Waals surface area contributed by atoms with Crippen molar-refractivity contribution in [2.45, 2.75) is 19.8 Å². The van der Waals surface area contributed by atoms with Gasteiger partial charge in [-0.2, -0.15) is 0 Å². The van der Waals surface area contributed by atoms with Gasteiger partial charge in [0.25, 0.3) is 0 Å². The first kappa shape index (κ1) is 11.4. The molecule has 0 fully saturated rings. The van der Waals surface area contributed by atoms with Crippen LogP contribution in [0, 0.1) is 15.5 Å². The van der Waals surface area contributed by atoms with Gasteiger partial charge in [-0.1, -0.05) is 13.8 Å². The average molecular weight is 211 g/mol. The summed E-state index contributed by atoms with van der Waals surface area (Å²) in [7, 11) is 0. The molecule has 0 saturated carbocycles. The molecule has 82 valence electrons. The number of carbonyl (C=O) groups excluding carboxylic acids is 1. The Kier molecular flexibility index (Phi) is 3.24. The molecule has 0 aliphatic carbocycles. The van der Waals surface area contributed by atoms with Crippen LogP contribution in [-0.4, -0.2) is 17.8 Å². The van der Waals surface area contributed by atoms with Crippen LogP contribution < -0.4 is 0 Å². The van der Waals surface area contributed by atoms with Crippen LogP contribution in [-0.2, 0) is 4.79 Å². The normalized spacial score (nSPS) is 13.5. The average Bonchev–Trinajstić information content (AvgIpc) is 2.66. The minimum Gasteiger partial charge on any atom is -0.469 e. The maximum Gasteiger partial charge on any atom is 0.214 e. The van der Waals surface area contributed by atoms with Crippen molar-refractivity contribution in [3.05, 3.63) is 34.3 Å². The van der Waals surface area contributed by atoms with Gasteiger partial charge in [-0.25, -0.2) is 0 Å². The highest BCUT2D eigenvalue weighted by atomic mass is 16.6. The van der Waals surface area contributed by atoms with Crippen LogP contribution >= 0.6 is 0 Å². The number of nitrogens with zero attached hydrogens (tertiary/aromatic N) is 1. The highest BCUT2D eigenvalue weighted by Gasteiger charge is 2.36. The van der Waals surface area contributed by atoms with E-state index in [0.29, 0.717) is 5.76 Å². The van der Waals surface area contributed by atoms with Crippen LogP contribution in [0.25, 0.3) is 0 Å². The van der Waals surface area contributed by atoms with Gasteiger partial charge in [0.1, 0.15) is 12.0 Å². The molecular weight excluding hydrogens is 198 g/mol. The molecule has 1 aromatic rings. The monoisotopic (exact) mass is 211 g/mol. The number of carbonyl (C=O) groups is 1. The maximum absolute atomic E-state index is 10.9. The Morgan fingerprint density at radius 3 is 2.73 bits per heavy atom. The maximum atomic E-state index is 10.9. The van der Waals surface area contributed by atoms with Gasteiger partial charge >= 0.3 is 0 Å². The molecule has 0 amide bonds. The highest BCUT2D eigenvalue weighted by Crippen LogP contribution is 2.34. The summed E-state index contributed by atoms with van der Waals surface area (Å²) in [6, 6.07) is 3.31. The van der Waals surface area contributed by atoms with Crippen molar-refractivity contribution in [3.8, 4) is 0 Å². The molecule has 0 unspecified atom stereocenters. The number of aldehydes is 1. The Balaban J connectivity index is 2.98. The quantitative estimate of drug-likeness (QED) is 0.423. The molecule has 5 heteroatoms. The summed E-state index contributed by atoms with van der Waals surface area (Å²) in [6.07, 6.45) is 2.17. The molecule has 0 N–H and O–H groups in total. The summed E-state index contributed by atoms with van der Waals surface area (Å²) in [4.78, 5) is 21.0. The summed E-state index contributed by atoms with van der Waals surface area (Å²) in [6.45, 7) is 3.02. The minimum absolute atomic E-state index is 0.306. The Morgan fingerprint density at radius 2 is 2.33 bits per heavy atom. The van der Waals surface area contributed by atoms with E-state index in [2.05, 4.69) is 0 Å². The first-order valence-electron chi connectivity index (χ1n) is 4.59. The lowest BCUT2D eigenvalue weighted by molar-refractivity contribution is -0.486. The van der Waals surface area contributed by atoms with E-state index in [0.717, 1.165) is 6.29 Å².